The number of carbonyl (C=O) groups excluding carboxylic acids is 1. The van der Waals surface area contributed by atoms with Crippen LogP contribution in [0.5, 0.6) is 0 Å². The fourth-order valence-electron chi connectivity index (χ4n) is 2.85. The molecule has 2 saturated heterocycles. The summed E-state index contributed by atoms with van der Waals surface area (Å²) in [6.45, 7) is 2.82. The standard InChI is InChI=1S/C17H20ClNO3/c18-15-5-2-1-4-14(15)6-7-16(20)19-10-8-17(9-11-19)21-12-3-13-22-17/h1-2,4-7H,3,8-13H2/b7-6+. The molecule has 0 radical (unpaired) electrons. The zero-order chi connectivity index (χ0) is 15.4. The van der Waals surface area contributed by atoms with Crippen LogP contribution in [0.15, 0.2) is 30.3 Å². The number of amides is 1. The van der Waals surface area contributed by atoms with E-state index in [2.05, 4.69) is 0 Å². The van der Waals surface area contributed by atoms with Gasteiger partial charge in [-0.05, 0) is 24.1 Å². The molecule has 0 N–H and O–H groups in total. The molecule has 0 aliphatic carbocycles. The molecule has 5 heteroatoms. The van der Waals surface area contributed by atoms with E-state index in [0.717, 1.165) is 38.0 Å². The monoisotopic (exact) mass is 321 g/mol. The van der Waals surface area contributed by atoms with Gasteiger partial charge in [-0.1, -0.05) is 29.8 Å². The number of ether oxygens (including phenoxy) is 2. The van der Waals surface area contributed by atoms with Crippen LogP contribution >= 0.6 is 11.6 Å². The number of piperidine rings is 1. The summed E-state index contributed by atoms with van der Waals surface area (Å²) in [7, 11) is 0. The summed E-state index contributed by atoms with van der Waals surface area (Å²) >= 11 is 6.08. The molecule has 2 aliphatic heterocycles. The van der Waals surface area contributed by atoms with Crippen molar-refractivity contribution in [1.29, 1.82) is 0 Å². The second kappa shape index (κ2) is 6.82. The zero-order valence-electron chi connectivity index (χ0n) is 12.5. The summed E-state index contributed by atoms with van der Waals surface area (Å²) in [6, 6.07) is 7.48. The van der Waals surface area contributed by atoms with Crippen molar-refractivity contribution in [2.24, 2.45) is 0 Å². The van der Waals surface area contributed by atoms with Gasteiger partial charge in [0.1, 0.15) is 0 Å². The quantitative estimate of drug-likeness (QED) is 0.786. The predicted octanol–water partition coefficient (Wildman–Crippen LogP) is 3.11. The number of nitrogens with zero attached hydrogens (tertiary/aromatic N) is 1. The molecule has 0 saturated carbocycles. The Bertz CT molecular complexity index is 557. The SMILES string of the molecule is O=C(/C=C/c1ccccc1Cl)N1CCC2(CC1)OCCCO2. The van der Waals surface area contributed by atoms with E-state index in [0.29, 0.717) is 18.1 Å². The molecule has 3 rings (SSSR count). The fourth-order valence-corrected chi connectivity index (χ4v) is 3.05. The second-order valence-electron chi connectivity index (χ2n) is 5.64. The Morgan fingerprint density at radius 2 is 1.86 bits per heavy atom. The van der Waals surface area contributed by atoms with E-state index in [1.54, 1.807) is 12.2 Å². The van der Waals surface area contributed by atoms with E-state index in [-0.39, 0.29) is 5.91 Å². The summed E-state index contributed by atoms with van der Waals surface area (Å²) in [5.41, 5.74) is 0.852. The maximum atomic E-state index is 12.3. The highest BCUT2D eigenvalue weighted by molar-refractivity contribution is 6.32. The van der Waals surface area contributed by atoms with Gasteiger partial charge < -0.3 is 14.4 Å². The first-order chi connectivity index (χ1) is 10.7. The number of rotatable bonds is 2. The molecule has 0 unspecified atom stereocenters. The van der Waals surface area contributed by atoms with E-state index >= 15 is 0 Å². The lowest BCUT2D eigenvalue weighted by Gasteiger charge is -2.43. The third-order valence-corrected chi connectivity index (χ3v) is 4.51. The van der Waals surface area contributed by atoms with Crippen molar-refractivity contribution in [2.45, 2.75) is 25.0 Å². The van der Waals surface area contributed by atoms with Gasteiger partial charge in [-0.25, -0.2) is 0 Å². The molecule has 22 heavy (non-hydrogen) atoms. The number of likely N-dealkylation sites (tertiary alicyclic amines) is 1. The zero-order valence-corrected chi connectivity index (χ0v) is 13.2. The molecule has 1 aromatic rings. The summed E-state index contributed by atoms with van der Waals surface area (Å²) in [6.07, 6.45) is 5.77. The molecule has 4 nitrogen and oxygen atoms in total. The van der Waals surface area contributed by atoms with E-state index in [1.807, 2.05) is 29.2 Å². The summed E-state index contributed by atoms with van der Waals surface area (Å²) in [5, 5.41) is 0.646. The number of hydrogen-bond acceptors (Lipinski definition) is 3. The Hall–Kier alpha value is -1.36. The average molecular weight is 322 g/mol. The smallest absolute Gasteiger partial charge is 0.246 e. The lowest BCUT2D eigenvalue weighted by atomic mass is 10.0. The molecule has 118 valence electrons. The number of hydrogen-bond donors (Lipinski definition) is 0. The first-order valence-corrected chi connectivity index (χ1v) is 8.06. The van der Waals surface area contributed by atoms with Gasteiger partial charge in [-0.3, -0.25) is 4.79 Å². The Morgan fingerprint density at radius 1 is 1.18 bits per heavy atom. The van der Waals surface area contributed by atoms with Crippen molar-refractivity contribution < 1.29 is 14.3 Å². The second-order valence-corrected chi connectivity index (χ2v) is 6.05. The first-order valence-electron chi connectivity index (χ1n) is 7.68. The molecule has 0 aromatic heterocycles. The van der Waals surface area contributed by atoms with Crippen LogP contribution in [-0.2, 0) is 14.3 Å². The van der Waals surface area contributed by atoms with Crippen LogP contribution < -0.4 is 0 Å². The molecular weight excluding hydrogens is 302 g/mol. The highest BCUT2D eigenvalue weighted by Gasteiger charge is 2.38. The molecule has 1 aromatic carbocycles. The van der Waals surface area contributed by atoms with E-state index < -0.39 is 5.79 Å². The van der Waals surface area contributed by atoms with Crippen LogP contribution in [0.25, 0.3) is 6.08 Å². The third kappa shape index (κ3) is 3.51. The maximum Gasteiger partial charge on any atom is 0.246 e. The van der Waals surface area contributed by atoms with Crippen molar-refractivity contribution in [3.8, 4) is 0 Å². The summed E-state index contributed by atoms with van der Waals surface area (Å²) in [5.74, 6) is -0.452. The normalized spacial score (nSPS) is 21.4. The Kier molecular flexibility index (Phi) is 4.81. The summed E-state index contributed by atoms with van der Waals surface area (Å²) < 4.78 is 11.6. The predicted molar refractivity (Wildman–Crippen MR) is 85.6 cm³/mol. The van der Waals surface area contributed by atoms with Gasteiger partial charge in [0.25, 0.3) is 0 Å². The molecule has 2 fully saturated rings. The van der Waals surface area contributed by atoms with Crippen LogP contribution in [-0.4, -0.2) is 42.9 Å². The van der Waals surface area contributed by atoms with Crippen molar-refractivity contribution in [1.82, 2.24) is 4.90 Å². The van der Waals surface area contributed by atoms with E-state index in [9.17, 15) is 4.79 Å². The van der Waals surface area contributed by atoms with E-state index in [4.69, 9.17) is 21.1 Å². The van der Waals surface area contributed by atoms with Crippen molar-refractivity contribution in [3.63, 3.8) is 0 Å². The fraction of sp³-hybridized carbons (Fsp3) is 0.471. The molecule has 0 bridgehead atoms. The molecule has 2 heterocycles. The van der Waals surface area contributed by atoms with Crippen LogP contribution in [0.3, 0.4) is 0 Å². The molecule has 1 spiro atoms. The molecule has 0 atom stereocenters. The largest absolute Gasteiger partial charge is 0.350 e. The van der Waals surface area contributed by atoms with Crippen molar-refractivity contribution in [2.75, 3.05) is 26.3 Å². The number of carbonyl (C=O) groups is 1. The highest BCUT2D eigenvalue weighted by atomic mass is 35.5. The van der Waals surface area contributed by atoms with E-state index in [1.165, 1.54) is 0 Å². The van der Waals surface area contributed by atoms with Crippen LogP contribution in [0, 0.1) is 0 Å². The van der Waals surface area contributed by atoms with Crippen LogP contribution in [0.2, 0.25) is 5.02 Å². The average Bonchev–Trinajstić information content (AvgIpc) is 2.55. The number of benzene rings is 1. The van der Waals surface area contributed by atoms with Crippen molar-refractivity contribution >= 4 is 23.6 Å². The Labute approximate surface area is 135 Å². The highest BCUT2D eigenvalue weighted by Crippen LogP contribution is 2.30. The molecule has 1 amide bonds. The van der Waals surface area contributed by atoms with Gasteiger partial charge in [0, 0.05) is 37.0 Å². The molecular formula is C17H20ClNO3. The third-order valence-electron chi connectivity index (χ3n) is 4.17. The lowest BCUT2D eigenvalue weighted by molar-refractivity contribution is -0.282. The summed E-state index contributed by atoms with van der Waals surface area (Å²) in [4.78, 5) is 14.1. The minimum atomic E-state index is -0.457. The lowest BCUT2D eigenvalue weighted by Crippen LogP contribution is -2.51. The number of halogens is 1. The van der Waals surface area contributed by atoms with Crippen molar-refractivity contribution in [3.05, 3.63) is 40.9 Å². The van der Waals surface area contributed by atoms with Gasteiger partial charge in [-0.2, -0.15) is 0 Å². The first kappa shape index (κ1) is 15.5. The van der Waals surface area contributed by atoms with Gasteiger partial charge in [0.05, 0.1) is 13.2 Å². The van der Waals surface area contributed by atoms with Gasteiger partial charge >= 0.3 is 0 Å². The van der Waals surface area contributed by atoms with Gasteiger partial charge in [0.2, 0.25) is 5.91 Å². The maximum absolute atomic E-state index is 12.3. The molecule has 2 aliphatic rings. The van der Waals surface area contributed by atoms with Gasteiger partial charge in [-0.15, -0.1) is 0 Å². The minimum absolute atomic E-state index is 0.00517. The Balaban J connectivity index is 1.57. The van der Waals surface area contributed by atoms with Crippen LogP contribution in [0.4, 0.5) is 0 Å². The Morgan fingerprint density at radius 3 is 2.55 bits per heavy atom. The van der Waals surface area contributed by atoms with Gasteiger partial charge in [0.15, 0.2) is 5.79 Å². The minimum Gasteiger partial charge on any atom is -0.350 e. The topological polar surface area (TPSA) is 38.8 Å². The van der Waals surface area contributed by atoms with Crippen LogP contribution in [0.1, 0.15) is 24.8 Å².